The Labute approximate surface area is 140 Å². The third-order valence-corrected chi connectivity index (χ3v) is 3.77. The molecule has 4 amide bonds. The molecule has 0 bridgehead atoms. The molecule has 7 nitrogen and oxygen atoms in total. The molecule has 2 N–H and O–H groups in total. The van der Waals surface area contributed by atoms with Gasteiger partial charge in [-0.25, -0.2) is 0 Å². The van der Waals surface area contributed by atoms with Crippen LogP contribution >= 0.6 is 0 Å². The van der Waals surface area contributed by atoms with Crippen molar-refractivity contribution in [2.45, 2.75) is 45.7 Å². The highest BCUT2D eigenvalue weighted by Gasteiger charge is 2.43. The Hall–Kier alpha value is -2.70. The van der Waals surface area contributed by atoms with E-state index in [0.717, 1.165) is 4.90 Å². The summed E-state index contributed by atoms with van der Waals surface area (Å²) in [5.41, 5.74) is 1.11. The van der Waals surface area contributed by atoms with Crippen LogP contribution in [-0.4, -0.2) is 41.1 Å². The summed E-state index contributed by atoms with van der Waals surface area (Å²) in [5.74, 6) is -1.68. The molecule has 0 spiro atoms. The van der Waals surface area contributed by atoms with Crippen molar-refractivity contribution in [3.05, 3.63) is 29.3 Å². The lowest BCUT2D eigenvalue weighted by Gasteiger charge is -2.24. The Morgan fingerprint density at radius 1 is 1.25 bits per heavy atom. The number of carbonyl (C=O) groups excluding carboxylic acids is 4. The van der Waals surface area contributed by atoms with Gasteiger partial charge in [-0.2, -0.15) is 0 Å². The van der Waals surface area contributed by atoms with E-state index in [4.69, 9.17) is 0 Å². The first-order valence-electron chi connectivity index (χ1n) is 7.93. The van der Waals surface area contributed by atoms with Gasteiger partial charge < -0.3 is 5.32 Å². The van der Waals surface area contributed by atoms with Crippen molar-refractivity contribution in [1.29, 1.82) is 0 Å². The molecule has 1 aromatic carbocycles. The molecule has 7 heteroatoms. The molecule has 0 fully saturated rings. The number of imide groups is 2. The highest BCUT2D eigenvalue weighted by molar-refractivity contribution is 6.25. The van der Waals surface area contributed by atoms with Gasteiger partial charge in [-0.1, -0.05) is 19.4 Å². The molecular formula is C17H21N3O4. The highest BCUT2D eigenvalue weighted by atomic mass is 16.2. The topological polar surface area (TPSA) is 95.6 Å². The number of anilines is 1. The summed E-state index contributed by atoms with van der Waals surface area (Å²) in [4.78, 5) is 49.2. The summed E-state index contributed by atoms with van der Waals surface area (Å²) in [6.45, 7) is 5.69. The number of benzene rings is 1. The molecule has 0 aliphatic carbocycles. The zero-order valence-electron chi connectivity index (χ0n) is 14.0. The molecule has 1 unspecified atom stereocenters. The van der Waals surface area contributed by atoms with E-state index in [9.17, 15) is 19.2 Å². The molecule has 1 atom stereocenters. The van der Waals surface area contributed by atoms with Gasteiger partial charge in [0, 0.05) is 11.7 Å². The molecule has 2 rings (SSSR count). The number of rotatable bonds is 7. The van der Waals surface area contributed by atoms with Crippen LogP contribution in [0.2, 0.25) is 0 Å². The lowest BCUT2D eigenvalue weighted by Crippen LogP contribution is -2.49. The molecule has 1 aliphatic heterocycles. The fourth-order valence-corrected chi connectivity index (χ4v) is 2.82. The van der Waals surface area contributed by atoms with E-state index in [0.29, 0.717) is 12.1 Å². The second-order valence-electron chi connectivity index (χ2n) is 5.94. The van der Waals surface area contributed by atoms with Crippen molar-refractivity contribution in [3.8, 4) is 0 Å². The fourth-order valence-electron chi connectivity index (χ4n) is 2.82. The standard InChI is InChI=1S/C17H21N3O4/c1-4-6-13(15(22)18-9-21)20-16(23)11-7-5-8-12(19-10(2)3)14(11)17(20)24/h5,7-10,13,19H,4,6H2,1-3H3,(H,18,21,22). The number of carbonyl (C=O) groups is 4. The van der Waals surface area contributed by atoms with Gasteiger partial charge in [-0.15, -0.1) is 0 Å². The first-order valence-corrected chi connectivity index (χ1v) is 7.93. The van der Waals surface area contributed by atoms with Crippen LogP contribution in [0.5, 0.6) is 0 Å². The van der Waals surface area contributed by atoms with Crippen molar-refractivity contribution in [2.75, 3.05) is 5.32 Å². The minimum Gasteiger partial charge on any atom is -0.382 e. The maximum atomic E-state index is 12.8. The predicted octanol–water partition coefficient (Wildman–Crippen LogP) is 1.54. The fraction of sp³-hybridized carbons (Fsp3) is 0.412. The van der Waals surface area contributed by atoms with Crippen molar-refractivity contribution in [3.63, 3.8) is 0 Å². The van der Waals surface area contributed by atoms with Crippen LogP contribution in [0.3, 0.4) is 0 Å². The maximum Gasteiger partial charge on any atom is 0.264 e. The normalized spacial score (nSPS) is 14.6. The molecule has 1 aliphatic rings. The number of fused-ring (bicyclic) bond motifs is 1. The SMILES string of the molecule is CCCC(C(=O)NC=O)N1C(=O)c2cccc(NC(C)C)c2C1=O. The quantitative estimate of drug-likeness (QED) is 0.584. The van der Waals surface area contributed by atoms with E-state index in [1.165, 1.54) is 0 Å². The van der Waals surface area contributed by atoms with E-state index in [1.54, 1.807) is 18.2 Å². The average Bonchev–Trinajstić information content (AvgIpc) is 2.77. The van der Waals surface area contributed by atoms with Crippen molar-refractivity contribution >= 4 is 29.8 Å². The van der Waals surface area contributed by atoms with E-state index >= 15 is 0 Å². The Kier molecular flexibility index (Phi) is 5.33. The Morgan fingerprint density at radius 3 is 2.54 bits per heavy atom. The van der Waals surface area contributed by atoms with Gasteiger partial charge >= 0.3 is 0 Å². The van der Waals surface area contributed by atoms with Gasteiger partial charge in [0.15, 0.2) is 0 Å². The number of nitrogens with zero attached hydrogens (tertiary/aromatic N) is 1. The molecule has 1 heterocycles. The minimum atomic E-state index is -1.00. The summed E-state index contributed by atoms with van der Waals surface area (Å²) in [7, 11) is 0. The third kappa shape index (κ3) is 3.15. The lowest BCUT2D eigenvalue weighted by atomic mass is 10.1. The average molecular weight is 331 g/mol. The third-order valence-electron chi connectivity index (χ3n) is 3.77. The smallest absolute Gasteiger partial charge is 0.264 e. The Bertz CT molecular complexity index is 684. The summed E-state index contributed by atoms with van der Waals surface area (Å²) in [6, 6.07) is 4.08. The van der Waals surface area contributed by atoms with Crippen molar-refractivity contribution in [1.82, 2.24) is 10.2 Å². The van der Waals surface area contributed by atoms with Crippen LogP contribution in [0.15, 0.2) is 18.2 Å². The van der Waals surface area contributed by atoms with Gasteiger partial charge in [0.05, 0.1) is 11.1 Å². The van der Waals surface area contributed by atoms with Crippen LogP contribution in [0, 0.1) is 0 Å². The monoisotopic (exact) mass is 331 g/mol. The minimum absolute atomic E-state index is 0.0817. The van der Waals surface area contributed by atoms with E-state index < -0.39 is 23.8 Å². The van der Waals surface area contributed by atoms with Crippen LogP contribution in [-0.2, 0) is 9.59 Å². The molecule has 1 aromatic rings. The summed E-state index contributed by atoms with van der Waals surface area (Å²) < 4.78 is 0. The zero-order chi connectivity index (χ0) is 17.9. The molecule has 0 saturated heterocycles. The predicted molar refractivity (Wildman–Crippen MR) is 88.6 cm³/mol. The maximum absolute atomic E-state index is 12.8. The van der Waals surface area contributed by atoms with Crippen LogP contribution in [0.1, 0.15) is 54.3 Å². The van der Waals surface area contributed by atoms with E-state index in [1.807, 2.05) is 26.1 Å². The van der Waals surface area contributed by atoms with Gasteiger partial charge in [0.25, 0.3) is 11.8 Å². The molecule has 128 valence electrons. The van der Waals surface area contributed by atoms with Crippen LogP contribution in [0.25, 0.3) is 0 Å². The molecule has 0 aromatic heterocycles. The number of amides is 4. The highest BCUT2D eigenvalue weighted by Crippen LogP contribution is 2.32. The summed E-state index contributed by atoms with van der Waals surface area (Å²) in [5, 5.41) is 5.19. The Balaban J connectivity index is 2.44. The second kappa shape index (κ2) is 7.25. The zero-order valence-corrected chi connectivity index (χ0v) is 14.0. The van der Waals surface area contributed by atoms with Crippen LogP contribution < -0.4 is 10.6 Å². The van der Waals surface area contributed by atoms with Gasteiger partial charge in [0.2, 0.25) is 12.3 Å². The number of nitrogens with one attached hydrogen (secondary N) is 2. The first kappa shape index (κ1) is 17.7. The summed E-state index contributed by atoms with van der Waals surface area (Å²) in [6.07, 6.45) is 1.13. The Morgan fingerprint density at radius 2 is 1.96 bits per heavy atom. The second-order valence-corrected chi connectivity index (χ2v) is 5.94. The molecule has 24 heavy (non-hydrogen) atoms. The summed E-state index contributed by atoms with van der Waals surface area (Å²) >= 11 is 0. The van der Waals surface area contributed by atoms with Gasteiger partial charge in [-0.05, 0) is 32.4 Å². The van der Waals surface area contributed by atoms with E-state index in [2.05, 4.69) is 5.32 Å². The lowest BCUT2D eigenvalue weighted by molar-refractivity contribution is -0.128. The van der Waals surface area contributed by atoms with Crippen LogP contribution in [0.4, 0.5) is 5.69 Å². The number of hydrogen-bond acceptors (Lipinski definition) is 5. The van der Waals surface area contributed by atoms with Gasteiger partial charge in [-0.3, -0.25) is 29.4 Å². The molecule has 0 radical (unpaired) electrons. The van der Waals surface area contributed by atoms with Gasteiger partial charge in [0.1, 0.15) is 6.04 Å². The largest absolute Gasteiger partial charge is 0.382 e. The van der Waals surface area contributed by atoms with Crippen molar-refractivity contribution in [2.24, 2.45) is 0 Å². The molecule has 0 saturated carbocycles. The van der Waals surface area contributed by atoms with E-state index in [-0.39, 0.29) is 30.0 Å². The molecular weight excluding hydrogens is 310 g/mol. The first-order chi connectivity index (χ1) is 11.4. The van der Waals surface area contributed by atoms with Crippen molar-refractivity contribution < 1.29 is 19.2 Å². The number of hydrogen-bond donors (Lipinski definition) is 2.